The second kappa shape index (κ2) is 5.22. The van der Waals surface area contributed by atoms with Crippen LogP contribution >= 0.6 is 0 Å². The maximum atomic E-state index is 5.32. The van der Waals surface area contributed by atoms with E-state index < -0.39 is 0 Å². The Bertz CT molecular complexity index is 291. The molecule has 0 spiro atoms. The lowest BCUT2D eigenvalue weighted by atomic mass is 10.1. The lowest BCUT2D eigenvalue weighted by molar-refractivity contribution is -0.0348. The Labute approximate surface area is 102 Å². The van der Waals surface area contributed by atoms with Crippen molar-refractivity contribution in [1.82, 2.24) is 20.9 Å². The highest BCUT2D eigenvalue weighted by atomic mass is 16.5. The fourth-order valence-corrected chi connectivity index (χ4v) is 2.32. The summed E-state index contributed by atoms with van der Waals surface area (Å²) in [5.41, 5.74) is -0.237. The van der Waals surface area contributed by atoms with Crippen LogP contribution < -0.4 is 16.0 Å². The van der Waals surface area contributed by atoms with Crippen LogP contribution in [0.5, 0.6) is 0 Å². The van der Waals surface area contributed by atoms with E-state index in [1.54, 1.807) is 14.2 Å². The van der Waals surface area contributed by atoms with Crippen molar-refractivity contribution < 1.29 is 9.47 Å². The summed E-state index contributed by atoms with van der Waals surface area (Å²) in [4.78, 5) is 2.38. The molecule has 0 aromatic rings. The molecule has 1 saturated heterocycles. The van der Waals surface area contributed by atoms with E-state index in [9.17, 15) is 0 Å². The van der Waals surface area contributed by atoms with Crippen LogP contribution in [0, 0.1) is 0 Å². The highest BCUT2D eigenvalue weighted by Crippen LogP contribution is 2.20. The molecule has 0 bridgehead atoms. The average Bonchev–Trinajstić information content (AvgIpc) is 2.39. The molecule has 1 unspecified atom stereocenters. The average molecular weight is 242 g/mol. The van der Waals surface area contributed by atoms with E-state index >= 15 is 0 Å². The van der Waals surface area contributed by atoms with Crippen molar-refractivity contribution in [3.8, 4) is 0 Å². The van der Waals surface area contributed by atoms with E-state index in [1.807, 2.05) is 0 Å². The summed E-state index contributed by atoms with van der Waals surface area (Å²) in [6.45, 7) is 6.18. The number of hydrogen-bond donors (Lipinski definition) is 3. The molecule has 0 amide bonds. The standard InChI is InChI=1S/C11H22N4O2/c1-11(15-6-4-12-5-7-15)8-9(16-2)13-10(14-11)17-3/h8,10,12-14H,4-7H2,1-3H3/t10?,11-/m1/s1. The minimum Gasteiger partial charge on any atom is -0.483 e. The zero-order valence-corrected chi connectivity index (χ0v) is 10.7. The van der Waals surface area contributed by atoms with Crippen molar-refractivity contribution in [3.05, 3.63) is 12.0 Å². The second-order valence-corrected chi connectivity index (χ2v) is 4.50. The maximum absolute atomic E-state index is 5.32. The van der Waals surface area contributed by atoms with Crippen molar-refractivity contribution in [2.45, 2.75) is 18.9 Å². The van der Waals surface area contributed by atoms with Gasteiger partial charge in [0.1, 0.15) is 0 Å². The molecule has 17 heavy (non-hydrogen) atoms. The zero-order chi connectivity index (χ0) is 12.3. The summed E-state index contributed by atoms with van der Waals surface area (Å²) in [6.07, 6.45) is 1.84. The van der Waals surface area contributed by atoms with Crippen molar-refractivity contribution in [1.29, 1.82) is 0 Å². The van der Waals surface area contributed by atoms with E-state index in [0.717, 1.165) is 32.1 Å². The molecule has 0 aromatic carbocycles. The van der Waals surface area contributed by atoms with E-state index in [-0.39, 0.29) is 12.0 Å². The molecule has 1 fully saturated rings. The first kappa shape index (κ1) is 12.6. The SMILES string of the molecule is COC1=C[C@@](C)(N2CCNCC2)NC(OC)N1. The van der Waals surface area contributed by atoms with E-state index in [1.165, 1.54) is 0 Å². The normalized spacial score (nSPS) is 35.0. The van der Waals surface area contributed by atoms with Crippen LogP contribution in [0.1, 0.15) is 6.92 Å². The maximum Gasteiger partial charge on any atom is 0.188 e. The third kappa shape index (κ3) is 2.71. The van der Waals surface area contributed by atoms with E-state index in [0.29, 0.717) is 0 Å². The van der Waals surface area contributed by atoms with Crippen LogP contribution in [0.2, 0.25) is 0 Å². The summed E-state index contributed by atoms with van der Waals surface area (Å²) in [5, 5.41) is 9.89. The highest BCUT2D eigenvalue weighted by molar-refractivity contribution is 5.12. The summed E-state index contributed by atoms with van der Waals surface area (Å²) in [6, 6.07) is 0. The van der Waals surface area contributed by atoms with Gasteiger partial charge in [-0.15, -0.1) is 0 Å². The molecule has 0 radical (unpaired) electrons. The smallest absolute Gasteiger partial charge is 0.188 e. The largest absolute Gasteiger partial charge is 0.483 e. The van der Waals surface area contributed by atoms with Crippen molar-refractivity contribution >= 4 is 0 Å². The van der Waals surface area contributed by atoms with Crippen LogP contribution in [0.25, 0.3) is 0 Å². The predicted molar refractivity (Wildman–Crippen MR) is 65.0 cm³/mol. The van der Waals surface area contributed by atoms with Crippen molar-refractivity contribution in [2.75, 3.05) is 40.4 Å². The Balaban J connectivity index is 2.15. The van der Waals surface area contributed by atoms with Gasteiger partial charge in [-0.25, -0.2) is 0 Å². The summed E-state index contributed by atoms with van der Waals surface area (Å²) in [5.74, 6) is 0.747. The Morgan fingerprint density at radius 1 is 1.35 bits per heavy atom. The molecule has 2 aliphatic rings. The fourth-order valence-electron chi connectivity index (χ4n) is 2.32. The summed E-state index contributed by atoms with van der Waals surface area (Å²) < 4.78 is 10.6. The molecule has 2 aliphatic heterocycles. The Hall–Kier alpha value is -0.820. The molecule has 2 atom stereocenters. The number of hydrogen-bond acceptors (Lipinski definition) is 6. The fraction of sp³-hybridized carbons (Fsp3) is 0.818. The lowest BCUT2D eigenvalue weighted by Crippen LogP contribution is -2.67. The molecule has 0 aliphatic carbocycles. The monoisotopic (exact) mass is 242 g/mol. The Morgan fingerprint density at radius 2 is 2.06 bits per heavy atom. The third-order valence-electron chi connectivity index (χ3n) is 3.34. The highest BCUT2D eigenvalue weighted by Gasteiger charge is 2.36. The molecule has 6 nitrogen and oxygen atoms in total. The lowest BCUT2D eigenvalue weighted by Gasteiger charge is -2.46. The minimum atomic E-state index is -0.237. The van der Waals surface area contributed by atoms with Crippen LogP contribution in [-0.2, 0) is 9.47 Å². The first-order chi connectivity index (χ1) is 8.18. The molecule has 0 aromatic heterocycles. The summed E-state index contributed by atoms with van der Waals surface area (Å²) >= 11 is 0. The number of methoxy groups -OCH3 is 2. The van der Waals surface area contributed by atoms with Crippen LogP contribution in [-0.4, -0.2) is 57.3 Å². The van der Waals surface area contributed by atoms with Crippen molar-refractivity contribution in [2.24, 2.45) is 0 Å². The first-order valence-electron chi connectivity index (χ1n) is 5.97. The van der Waals surface area contributed by atoms with Gasteiger partial charge >= 0.3 is 0 Å². The van der Waals surface area contributed by atoms with Crippen LogP contribution in [0.3, 0.4) is 0 Å². The van der Waals surface area contributed by atoms with E-state index in [2.05, 4.69) is 33.9 Å². The molecular formula is C11H22N4O2. The molecular weight excluding hydrogens is 220 g/mol. The van der Waals surface area contributed by atoms with Crippen molar-refractivity contribution in [3.63, 3.8) is 0 Å². The van der Waals surface area contributed by atoms with Gasteiger partial charge < -0.3 is 20.1 Å². The van der Waals surface area contributed by atoms with Gasteiger partial charge in [0.25, 0.3) is 0 Å². The van der Waals surface area contributed by atoms with Crippen LogP contribution in [0.4, 0.5) is 0 Å². The van der Waals surface area contributed by atoms with Crippen LogP contribution in [0.15, 0.2) is 12.0 Å². The van der Waals surface area contributed by atoms with Gasteiger partial charge in [-0.05, 0) is 6.92 Å². The van der Waals surface area contributed by atoms with Gasteiger partial charge in [0.15, 0.2) is 12.2 Å². The second-order valence-electron chi connectivity index (χ2n) is 4.50. The number of ether oxygens (including phenoxy) is 2. The number of nitrogens with zero attached hydrogens (tertiary/aromatic N) is 1. The quantitative estimate of drug-likeness (QED) is 0.603. The number of nitrogens with one attached hydrogen (secondary N) is 3. The predicted octanol–water partition coefficient (Wildman–Crippen LogP) is -0.782. The summed E-state index contributed by atoms with van der Waals surface area (Å²) in [7, 11) is 3.33. The van der Waals surface area contributed by atoms with Gasteiger partial charge in [0, 0.05) is 39.4 Å². The Morgan fingerprint density at radius 3 is 2.65 bits per heavy atom. The van der Waals surface area contributed by atoms with Gasteiger partial charge in [0.2, 0.25) is 0 Å². The number of piperazine rings is 1. The topological polar surface area (TPSA) is 57.8 Å². The molecule has 2 heterocycles. The third-order valence-corrected chi connectivity index (χ3v) is 3.34. The molecule has 0 saturated carbocycles. The molecule has 2 rings (SSSR count). The van der Waals surface area contributed by atoms with Gasteiger partial charge in [0.05, 0.1) is 12.8 Å². The molecule has 98 valence electrons. The van der Waals surface area contributed by atoms with Gasteiger partial charge in [-0.1, -0.05) is 0 Å². The molecule has 6 heteroatoms. The van der Waals surface area contributed by atoms with Gasteiger partial charge in [-0.3, -0.25) is 10.2 Å². The zero-order valence-electron chi connectivity index (χ0n) is 10.7. The number of rotatable bonds is 3. The minimum absolute atomic E-state index is 0.227. The van der Waals surface area contributed by atoms with E-state index in [4.69, 9.17) is 9.47 Å². The molecule has 3 N–H and O–H groups in total. The van der Waals surface area contributed by atoms with Gasteiger partial charge in [-0.2, -0.15) is 0 Å². The Kier molecular flexibility index (Phi) is 3.88. The first-order valence-corrected chi connectivity index (χ1v) is 5.97.